The molecule has 30 heavy (non-hydrogen) atoms. The van der Waals surface area contributed by atoms with E-state index in [2.05, 4.69) is 25.2 Å². The minimum atomic E-state index is -5.08. The zero-order chi connectivity index (χ0) is 22.3. The molecule has 0 bridgehead atoms. The van der Waals surface area contributed by atoms with Crippen LogP contribution in [0.25, 0.3) is 0 Å². The lowest BCUT2D eigenvalue weighted by atomic mass is 9.97. The second-order valence-electron chi connectivity index (χ2n) is 7.18. The molecule has 1 saturated heterocycles. The van der Waals surface area contributed by atoms with Gasteiger partial charge in [-0.3, -0.25) is 9.67 Å². The number of aliphatic hydroxyl groups is 1. The number of hydrogen-bond donors (Lipinski definition) is 2. The van der Waals surface area contributed by atoms with Crippen LogP contribution in [0.3, 0.4) is 0 Å². The van der Waals surface area contributed by atoms with Gasteiger partial charge in [0.25, 0.3) is 0 Å². The van der Waals surface area contributed by atoms with Crippen LogP contribution >= 0.6 is 0 Å². The predicted molar refractivity (Wildman–Crippen MR) is 101 cm³/mol. The van der Waals surface area contributed by atoms with Crippen LogP contribution in [0, 0.1) is 12.8 Å². The van der Waals surface area contributed by atoms with E-state index in [1.807, 2.05) is 17.8 Å². The summed E-state index contributed by atoms with van der Waals surface area (Å²) in [6, 6.07) is 0. The number of rotatable bonds is 5. The first-order chi connectivity index (χ1) is 14.1. The Morgan fingerprint density at radius 1 is 1.27 bits per heavy atom. The van der Waals surface area contributed by atoms with Crippen LogP contribution < -0.4 is 4.90 Å². The molecular weight excluding hydrogens is 405 g/mol. The van der Waals surface area contributed by atoms with Gasteiger partial charge in [-0.25, -0.2) is 9.78 Å². The van der Waals surface area contributed by atoms with Gasteiger partial charge < -0.3 is 15.1 Å². The van der Waals surface area contributed by atoms with Gasteiger partial charge in [0.15, 0.2) is 0 Å². The SMILES string of the molecule is Cc1nccnc1N1CCC(Cn2cc(CC(C)O)nn2)CC1.O=C(O)C(F)(F)F. The molecule has 0 aliphatic carbocycles. The van der Waals surface area contributed by atoms with Crippen molar-refractivity contribution in [3.05, 3.63) is 30.0 Å². The Hall–Kier alpha value is -2.76. The second kappa shape index (κ2) is 10.3. The number of aliphatic hydroxyl groups excluding tert-OH is 1. The number of aromatic nitrogens is 5. The van der Waals surface area contributed by atoms with Crippen molar-refractivity contribution in [2.75, 3.05) is 18.0 Å². The third-order valence-electron chi connectivity index (χ3n) is 4.55. The molecule has 1 fully saturated rings. The van der Waals surface area contributed by atoms with Crippen molar-refractivity contribution < 1.29 is 28.2 Å². The van der Waals surface area contributed by atoms with Crippen molar-refractivity contribution >= 4 is 11.8 Å². The third-order valence-corrected chi connectivity index (χ3v) is 4.55. The summed E-state index contributed by atoms with van der Waals surface area (Å²) >= 11 is 0. The molecule has 166 valence electrons. The summed E-state index contributed by atoms with van der Waals surface area (Å²) in [6.45, 7) is 6.66. The number of piperidine rings is 1. The smallest absolute Gasteiger partial charge is 0.475 e. The lowest BCUT2D eigenvalue weighted by Gasteiger charge is -2.33. The number of aryl methyl sites for hydroxylation is 1. The van der Waals surface area contributed by atoms with E-state index in [1.165, 1.54) is 0 Å². The fraction of sp³-hybridized carbons (Fsp3) is 0.611. The first kappa shape index (κ1) is 23.5. The highest BCUT2D eigenvalue weighted by Gasteiger charge is 2.38. The van der Waals surface area contributed by atoms with E-state index in [0.717, 1.165) is 49.7 Å². The number of alkyl halides is 3. The first-order valence-corrected chi connectivity index (χ1v) is 9.46. The second-order valence-corrected chi connectivity index (χ2v) is 7.18. The Kier molecular flexibility index (Phi) is 8.09. The Morgan fingerprint density at radius 3 is 2.40 bits per heavy atom. The molecule has 0 aromatic carbocycles. The quantitative estimate of drug-likeness (QED) is 0.738. The molecule has 9 nitrogen and oxygen atoms in total. The van der Waals surface area contributed by atoms with Gasteiger partial charge in [-0.15, -0.1) is 5.10 Å². The summed E-state index contributed by atoms with van der Waals surface area (Å²) in [5, 5.41) is 24.8. The predicted octanol–water partition coefficient (Wildman–Crippen LogP) is 1.85. The highest BCUT2D eigenvalue weighted by molar-refractivity contribution is 5.73. The van der Waals surface area contributed by atoms with Crippen molar-refractivity contribution in [3.8, 4) is 0 Å². The topological polar surface area (TPSA) is 117 Å². The van der Waals surface area contributed by atoms with Crippen molar-refractivity contribution in [1.29, 1.82) is 0 Å². The largest absolute Gasteiger partial charge is 0.490 e. The summed E-state index contributed by atoms with van der Waals surface area (Å²) in [7, 11) is 0. The monoisotopic (exact) mass is 430 g/mol. The molecule has 1 atom stereocenters. The third kappa shape index (κ3) is 7.25. The van der Waals surface area contributed by atoms with E-state index in [0.29, 0.717) is 12.3 Å². The molecule has 3 heterocycles. The molecular formula is C18H25F3N6O3. The van der Waals surface area contributed by atoms with Crippen molar-refractivity contribution in [2.45, 2.75) is 51.9 Å². The van der Waals surface area contributed by atoms with Gasteiger partial charge in [0.2, 0.25) is 0 Å². The maximum absolute atomic E-state index is 10.6. The number of aliphatic carboxylic acids is 1. The van der Waals surface area contributed by atoms with Gasteiger partial charge in [-0.2, -0.15) is 13.2 Å². The first-order valence-electron chi connectivity index (χ1n) is 9.46. The van der Waals surface area contributed by atoms with E-state index in [9.17, 15) is 18.3 Å². The number of anilines is 1. The van der Waals surface area contributed by atoms with Crippen LogP contribution in [0.5, 0.6) is 0 Å². The number of hydrogen-bond acceptors (Lipinski definition) is 7. The van der Waals surface area contributed by atoms with Crippen molar-refractivity contribution in [1.82, 2.24) is 25.0 Å². The Labute approximate surface area is 171 Å². The maximum atomic E-state index is 10.6. The van der Waals surface area contributed by atoms with Crippen LogP contribution in [-0.2, 0) is 17.8 Å². The van der Waals surface area contributed by atoms with Gasteiger partial charge in [0, 0.05) is 44.6 Å². The zero-order valence-electron chi connectivity index (χ0n) is 16.7. The van der Waals surface area contributed by atoms with Crippen LogP contribution in [0.2, 0.25) is 0 Å². The van der Waals surface area contributed by atoms with Gasteiger partial charge >= 0.3 is 12.1 Å². The molecule has 12 heteroatoms. The Balaban J connectivity index is 0.000000396. The number of carboxylic acids is 1. The Morgan fingerprint density at radius 2 is 1.87 bits per heavy atom. The summed E-state index contributed by atoms with van der Waals surface area (Å²) in [4.78, 5) is 20.0. The summed E-state index contributed by atoms with van der Waals surface area (Å²) in [5.41, 5.74) is 1.85. The van der Waals surface area contributed by atoms with Gasteiger partial charge in [0.1, 0.15) is 5.82 Å². The summed E-state index contributed by atoms with van der Waals surface area (Å²) in [5.74, 6) is -1.15. The van der Waals surface area contributed by atoms with E-state index in [4.69, 9.17) is 9.90 Å². The van der Waals surface area contributed by atoms with E-state index < -0.39 is 12.1 Å². The van der Waals surface area contributed by atoms with E-state index >= 15 is 0 Å². The van der Waals surface area contributed by atoms with Gasteiger partial charge in [0.05, 0.1) is 17.5 Å². The summed E-state index contributed by atoms with van der Waals surface area (Å²) in [6.07, 6.45) is 2.77. The van der Waals surface area contributed by atoms with Crippen LogP contribution in [0.1, 0.15) is 31.2 Å². The molecule has 2 aromatic heterocycles. The average molecular weight is 430 g/mol. The highest BCUT2D eigenvalue weighted by Crippen LogP contribution is 2.24. The minimum Gasteiger partial charge on any atom is -0.475 e. The van der Waals surface area contributed by atoms with Crippen molar-refractivity contribution in [3.63, 3.8) is 0 Å². The van der Waals surface area contributed by atoms with Crippen LogP contribution in [0.15, 0.2) is 18.6 Å². The Bertz CT molecular complexity index is 819. The summed E-state index contributed by atoms with van der Waals surface area (Å²) < 4.78 is 33.6. The fourth-order valence-corrected chi connectivity index (χ4v) is 3.13. The molecule has 0 saturated carbocycles. The molecule has 3 rings (SSSR count). The lowest BCUT2D eigenvalue weighted by molar-refractivity contribution is -0.192. The molecule has 0 radical (unpaired) electrons. The molecule has 1 unspecified atom stereocenters. The van der Waals surface area contributed by atoms with Gasteiger partial charge in [-0.05, 0) is 32.6 Å². The van der Waals surface area contributed by atoms with Crippen LogP contribution in [0.4, 0.5) is 19.0 Å². The molecule has 2 aromatic rings. The average Bonchev–Trinajstić information content (AvgIpc) is 3.09. The fourth-order valence-electron chi connectivity index (χ4n) is 3.13. The maximum Gasteiger partial charge on any atom is 0.490 e. The number of carbonyl (C=O) groups is 1. The highest BCUT2D eigenvalue weighted by atomic mass is 19.4. The standard InChI is InChI=1S/C16H24N6O.C2HF3O2/c1-12(23)9-15-11-22(20-19-15)10-14-3-7-21(8-4-14)16-13(2)17-5-6-18-16;3-2(4,5)1(6)7/h5-6,11-12,14,23H,3-4,7-10H2,1-2H3;(H,6,7). The minimum absolute atomic E-state index is 0.376. The zero-order valence-corrected chi connectivity index (χ0v) is 16.7. The van der Waals surface area contributed by atoms with E-state index in [1.54, 1.807) is 19.3 Å². The molecule has 0 spiro atoms. The number of nitrogens with zero attached hydrogens (tertiary/aromatic N) is 6. The molecule has 0 amide bonds. The molecule has 1 aliphatic heterocycles. The van der Waals surface area contributed by atoms with E-state index in [-0.39, 0.29) is 6.10 Å². The lowest BCUT2D eigenvalue weighted by Crippen LogP contribution is -2.36. The normalized spacial score (nSPS) is 16.0. The van der Waals surface area contributed by atoms with Crippen LogP contribution in [-0.4, -0.2) is 66.5 Å². The number of carboxylic acid groups (broad SMARTS) is 1. The van der Waals surface area contributed by atoms with Crippen molar-refractivity contribution in [2.24, 2.45) is 5.92 Å². The number of halogens is 3. The molecule has 2 N–H and O–H groups in total. The van der Waals surface area contributed by atoms with Gasteiger partial charge in [-0.1, -0.05) is 5.21 Å². The molecule has 1 aliphatic rings.